The molecule has 0 aliphatic carbocycles. The highest BCUT2D eigenvalue weighted by Crippen LogP contribution is 2.47. The van der Waals surface area contributed by atoms with E-state index in [1.165, 1.54) is 36.2 Å². The number of rotatable bonds is 3. The van der Waals surface area contributed by atoms with Gasteiger partial charge in [-0.25, -0.2) is 4.39 Å². The van der Waals surface area contributed by atoms with Gasteiger partial charge in [-0.05, 0) is 73.0 Å². The van der Waals surface area contributed by atoms with Gasteiger partial charge in [0.15, 0.2) is 0 Å². The number of hydrogen-bond donors (Lipinski definition) is 1. The van der Waals surface area contributed by atoms with Gasteiger partial charge in [0.05, 0.1) is 33.9 Å². The molecule has 178 valence electrons. The molecule has 0 atom stereocenters. The summed E-state index contributed by atoms with van der Waals surface area (Å²) in [6.07, 6.45) is -4.77. The maximum Gasteiger partial charge on any atom is 0.417 e. The largest absolute Gasteiger partial charge is 0.417 e. The zero-order valence-corrected chi connectivity index (χ0v) is 18.9. The molecule has 4 rings (SSSR count). The van der Waals surface area contributed by atoms with Crippen LogP contribution in [0.2, 0.25) is 0 Å². The number of carbonyl (C=O) groups is 2. The molecule has 1 aliphatic heterocycles. The van der Waals surface area contributed by atoms with Crippen molar-refractivity contribution in [2.45, 2.75) is 25.4 Å². The Morgan fingerprint density at radius 2 is 1.69 bits per heavy atom. The fraction of sp³-hybridized carbons (Fsp3) is 0.192. The van der Waals surface area contributed by atoms with Crippen LogP contribution in [0.5, 0.6) is 0 Å². The molecule has 0 unspecified atom stereocenters. The standard InChI is InChI=1S/C26H19F4N3O2/c1-25(2)20-10-14(15-5-8-18(21(27)11-15)23(34)32-3)6-9-22(20)33(24(25)35)17-7-4-16(13-31)19(12-17)26(28,29)30/h4-12H,1-3H3,(H,32,34). The summed E-state index contributed by atoms with van der Waals surface area (Å²) in [5.41, 5.74) is -0.884. The minimum atomic E-state index is -4.77. The number of nitrogens with zero attached hydrogens (tertiary/aromatic N) is 2. The molecule has 1 N–H and O–H groups in total. The molecule has 3 aromatic carbocycles. The van der Waals surface area contributed by atoms with Crippen LogP contribution in [0.15, 0.2) is 54.6 Å². The number of hydrogen-bond acceptors (Lipinski definition) is 3. The molecular formula is C26H19F4N3O2. The highest BCUT2D eigenvalue weighted by molar-refractivity contribution is 6.13. The molecule has 0 saturated heterocycles. The number of fused-ring (bicyclic) bond motifs is 1. The first-order chi connectivity index (χ1) is 16.4. The number of benzene rings is 3. The Kier molecular flexibility index (Phi) is 5.64. The number of alkyl halides is 3. The lowest BCUT2D eigenvalue weighted by atomic mass is 9.84. The van der Waals surface area contributed by atoms with Crippen LogP contribution in [0.4, 0.5) is 28.9 Å². The van der Waals surface area contributed by atoms with Crippen molar-refractivity contribution in [1.82, 2.24) is 5.32 Å². The zero-order valence-electron chi connectivity index (χ0n) is 18.9. The highest BCUT2D eigenvalue weighted by atomic mass is 19.4. The third kappa shape index (κ3) is 3.91. The second-order valence-corrected chi connectivity index (χ2v) is 8.61. The first-order valence-corrected chi connectivity index (χ1v) is 10.5. The van der Waals surface area contributed by atoms with E-state index in [1.54, 1.807) is 38.1 Å². The van der Waals surface area contributed by atoms with Crippen LogP contribution in [0.25, 0.3) is 11.1 Å². The van der Waals surface area contributed by atoms with E-state index in [9.17, 15) is 27.2 Å². The SMILES string of the molecule is CNC(=O)c1ccc(-c2ccc3c(c2)C(C)(C)C(=O)N3c2ccc(C#N)c(C(F)(F)F)c2)cc1F. The van der Waals surface area contributed by atoms with Gasteiger partial charge < -0.3 is 5.32 Å². The van der Waals surface area contributed by atoms with Crippen molar-refractivity contribution in [2.75, 3.05) is 11.9 Å². The summed E-state index contributed by atoms with van der Waals surface area (Å²) in [5, 5.41) is 11.4. The van der Waals surface area contributed by atoms with Crippen molar-refractivity contribution in [3.63, 3.8) is 0 Å². The Balaban J connectivity index is 1.82. The van der Waals surface area contributed by atoms with Crippen LogP contribution in [0.1, 0.15) is 40.9 Å². The van der Waals surface area contributed by atoms with Crippen molar-refractivity contribution in [3.8, 4) is 17.2 Å². The van der Waals surface area contributed by atoms with Crippen molar-refractivity contribution >= 4 is 23.2 Å². The van der Waals surface area contributed by atoms with E-state index in [0.717, 1.165) is 12.1 Å². The molecular weight excluding hydrogens is 462 g/mol. The molecule has 0 saturated carbocycles. The van der Waals surface area contributed by atoms with E-state index in [4.69, 9.17) is 5.26 Å². The average molecular weight is 481 g/mol. The molecule has 2 amide bonds. The molecule has 0 radical (unpaired) electrons. The summed E-state index contributed by atoms with van der Waals surface area (Å²) in [6.45, 7) is 3.31. The second kappa shape index (κ2) is 8.24. The van der Waals surface area contributed by atoms with Gasteiger partial charge in [-0.1, -0.05) is 12.1 Å². The number of nitriles is 1. The Hall–Kier alpha value is -4.19. The molecule has 0 spiro atoms. The van der Waals surface area contributed by atoms with Crippen molar-refractivity contribution in [2.24, 2.45) is 0 Å². The lowest BCUT2D eigenvalue weighted by Gasteiger charge is -2.22. The van der Waals surface area contributed by atoms with Gasteiger partial charge in [0.2, 0.25) is 5.91 Å². The summed E-state index contributed by atoms with van der Waals surface area (Å²) < 4.78 is 55.0. The summed E-state index contributed by atoms with van der Waals surface area (Å²) in [4.78, 5) is 26.3. The zero-order chi connectivity index (χ0) is 25.7. The first-order valence-electron chi connectivity index (χ1n) is 10.5. The van der Waals surface area contributed by atoms with Gasteiger partial charge in [-0.15, -0.1) is 0 Å². The normalized spacial score (nSPS) is 14.5. The molecule has 9 heteroatoms. The Labute approximate surface area is 198 Å². The number of carbonyl (C=O) groups excluding carboxylic acids is 2. The Morgan fingerprint density at radius 3 is 2.29 bits per heavy atom. The molecule has 0 aromatic heterocycles. The van der Waals surface area contributed by atoms with Crippen LogP contribution in [-0.4, -0.2) is 18.9 Å². The Bertz CT molecular complexity index is 1420. The van der Waals surface area contributed by atoms with E-state index in [-0.39, 0.29) is 11.3 Å². The number of anilines is 2. The monoisotopic (exact) mass is 481 g/mol. The van der Waals surface area contributed by atoms with Crippen LogP contribution in [0.3, 0.4) is 0 Å². The van der Waals surface area contributed by atoms with E-state index in [2.05, 4.69) is 5.32 Å². The third-order valence-electron chi connectivity index (χ3n) is 6.11. The summed E-state index contributed by atoms with van der Waals surface area (Å²) in [5.74, 6) is -1.72. The molecule has 1 heterocycles. The van der Waals surface area contributed by atoms with Crippen LogP contribution in [-0.2, 0) is 16.4 Å². The van der Waals surface area contributed by atoms with E-state index in [0.29, 0.717) is 22.4 Å². The van der Waals surface area contributed by atoms with Gasteiger partial charge in [-0.3, -0.25) is 14.5 Å². The fourth-order valence-electron chi connectivity index (χ4n) is 4.19. The topological polar surface area (TPSA) is 73.2 Å². The maximum absolute atomic E-state index is 14.5. The Morgan fingerprint density at radius 1 is 1.03 bits per heavy atom. The highest BCUT2D eigenvalue weighted by Gasteiger charge is 2.45. The number of nitrogens with one attached hydrogen (secondary N) is 1. The molecule has 0 bridgehead atoms. The predicted molar refractivity (Wildman–Crippen MR) is 122 cm³/mol. The smallest absolute Gasteiger partial charge is 0.355 e. The summed E-state index contributed by atoms with van der Waals surface area (Å²) >= 11 is 0. The molecule has 5 nitrogen and oxygen atoms in total. The molecule has 35 heavy (non-hydrogen) atoms. The van der Waals surface area contributed by atoms with Crippen molar-refractivity contribution in [3.05, 3.63) is 82.7 Å². The predicted octanol–water partition coefficient (Wildman–Crippen LogP) is 5.70. The van der Waals surface area contributed by atoms with Gasteiger partial charge in [-0.2, -0.15) is 18.4 Å². The third-order valence-corrected chi connectivity index (χ3v) is 6.11. The number of amides is 2. The average Bonchev–Trinajstić information content (AvgIpc) is 3.02. The summed E-state index contributed by atoms with van der Waals surface area (Å²) in [7, 11) is 1.40. The molecule has 1 aliphatic rings. The minimum absolute atomic E-state index is 0.0122. The quantitative estimate of drug-likeness (QED) is 0.488. The van der Waals surface area contributed by atoms with Crippen LogP contribution >= 0.6 is 0 Å². The lowest BCUT2D eigenvalue weighted by molar-refractivity contribution is -0.137. The van der Waals surface area contributed by atoms with Crippen LogP contribution in [0, 0.1) is 17.1 Å². The number of halogens is 4. The van der Waals surface area contributed by atoms with Gasteiger partial charge in [0.1, 0.15) is 5.82 Å². The maximum atomic E-state index is 14.5. The van der Waals surface area contributed by atoms with Gasteiger partial charge in [0.25, 0.3) is 5.91 Å². The summed E-state index contributed by atoms with van der Waals surface area (Å²) in [6, 6.07) is 13.7. The minimum Gasteiger partial charge on any atom is -0.355 e. The van der Waals surface area contributed by atoms with Crippen LogP contribution < -0.4 is 10.2 Å². The van der Waals surface area contributed by atoms with Gasteiger partial charge in [0, 0.05) is 12.7 Å². The molecule has 0 fully saturated rings. The van der Waals surface area contributed by atoms with E-state index < -0.39 is 40.3 Å². The van der Waals surface area contributed by atoms with Crippen molar-refractivity contribution in [1.29, 1.82) is 5.26 Å². The fourth-order valence-corrected chi connectivity index (χ4v) is 4.19. The molecule has 3 aromatic rings. The van der Waals surface area contributed by atoms with E-state index in [1.807, 2.05) is 0 Å². The lowest BCUT2D eigenvalue weighted by Crippen LogP contribution is -2.33. The van der Waals surface area contributed by atoms with Crippen molar-refractivity contribution < 1.29 is 27.2 Å². The first kappa shape index (κ1) is 24.0. The van der Waals surface area contributed by atoms with E-state index >= 15 is 0 Å². The second-order valence-electron chi connectivity index (χ2n) is 8.61. The van der Waals surface area contributed by atoms with Gasteiger partial charge >= 0.3 is 6.18 Å².